The van der Waals surface area contributed by atoms with E-state index in [1.807, 2.05) is 14.0 Å². The number of aryl methyl sites for hydroxylation is 1. The molecule has 2 aromatic carbocycles. The molecule has 12 heteroatoms. The highest BCUT2D eigenvalue weighted by Gasteiger charge is 2.44. The van der Waals surface area contributed by atoms with Crippen LogP contribution >= 0.6 is 0 Å². The zero-order valence-electron chi connectivity index (χ0n) is 24.6. The van der Waals surface area contributed by atoms with Crippen molar-refractivity contribution in [1.82, 2.24) is 19.4 Å². The molecule has 0 bridgehead atoms. The molecule has 42 heavy (non-hydrogen) atoms. The molecule has 0 aliphatic carbocycles. The van der Waals surface area contributed by atoms with E-state index < -0.39 is 46.2 Å². The summed E-state index contributed by atoms with van der Waals surface area (Å²) in [6, 6.07) is 10.4. The fourth-order valence-corrected chi connectivity index (χ4v) is 6.52. The first-order valence-corrected chi connectivity index (χ1v) is 15.7. The first-order valence-electron chi connectivity index (χ1n) is 14.3. The monoisotopic (exact) mass is 600 g/mol. The summed E-state index contributed by atoms with van der Waals surface area (Å²) >= 11 is 0. The molecular weight excluding hydrogens is 560 g/mol. The number of hydrogen-bond acceptors (Lipinski definition) is 9. The van der Waals surface area contributed by atoms with E-state index in [0.29, 0.717) is 48.1 Å². The molecule has 4 rings (SSSR count). The summed E-state index contributed by atoms with van der Waals surface area (Å²) in [5.74, 6) is -1.20. The van der Waals surface area contributed by atoms with Crippen LogP contribution in [0.15, 0.2) is 53.4 Å². The zero-order valence-corrected chi connectivity index (χ0v) is 25.4. The van der Waals surface area contributed by atoms with Crippen molar-refractivity contribution in [3.05, 3.63) is 59.7 Å². The Kier molecular flexibility index (Phi) is 10.2. The lowest BCUT2D eigenvalue weighted by atomic mass is 10.0. The van der Waals surface area contributed by atoms with Crippen LogP contribution < -0.4 is 10.1 Å². The van der Waals surface area contributed by atoms with Gasteiger partial charge in [0.05, 0.1) is 17.0 Å². The Morgan fingerprint density at radius 1 is 1.00 bits per heavy atom. The molecule has 2 atom stereocenters. The van der Waals surface area contributed by atoms with E-state index in [4.69, 9.17) is 9.47 Å². The molecular formula is C30H40N4O7S. The lowest BCUT2D eigenvalue weighted by Gasteiger charge is -2.32. The summed E-state index contributed by atoms with van der Waals surface area (Å²) in [6.07, 6.45) is 0.0728. The predicted octanol–water partition coefficient (Wildman–Crippen LogP) is 2.57. The molecule has 2 amide bonds. The molecule has 1 N–H and O–H groups in total. The normalized spacial score (nSPS) is 18.5. The van der Waals surface area contributed by atoms with Gasteiger partial charge in [-0.1, -0.05) is 29.8 Å². The van der Waals surface area contributed by atoms with E-state index in [0.717, 1.165) is 18.7 Å². The predicted molar refractivity (Wildman–Crippen MR) is 156 cm³/mol. The zero-order chi connectivity index (χ0) is 30.4. The van der Waals surface area contributed by atoms with E-state index in [2.05, 4.69) is 10.2 Å². The van der Waals surface area contributed by atoms with Crippen LogP contribution in [-0.2, 0) is 30.8 Å². The van der Waals surface area contributed by atoms with Crippen molar-refractivity contribution >= 4 is 28.0 Å². The average molecular weight is 601 g/mol. The van der Waals surface area contributed by atoms with Gasteiger partial charge in [0.2, 0.25) is 0 Å². The van der Waals surface area contributed by atoms with Gasteiger partial charge in [-0.25, -0.2) is 22.3 Å². The maximum Gasteiger partial charge on any atom is 0.415 e. The van der Waals surface area contributed by atoms with E-state index >= 15 is 0 Å². The molecule has 2 aliphatic rings. The Hall–Kier alpha value is -3.48. The lowest BCUT2D eigenvalue weighted by Crippen LogP contribution is -2.55. The number of carbonyl (C=O) groups excluding carboxylic acids is 3. The Bertz CT molecular complexity index is 1350. The molecule has 0 unspecified atom stereocenters. The Balaban J connectivity index is 1.62. The minimum Gasteiger partial charge on any atom is -0.461 e. The highest BCUT2D eigenvalue weighted by Crippen LogP contribution is 2.26. The van der Waals surface area contributed by atoms with Gasteiger partial charge in [-0.3, -0.25) is 4.79 Å². The molecule has 2 aromatic rings. The lowest BCUT2D eigenvalue weighted by molar-refractivity contribution is -0.155. The van der Waals surface area contributed by atoms with Crippen LogP contribution in [0, 0.1) is 6.92 Å². The summed E-state index contributed by atoms with van der Waals surface area (Å²) in [5, 5.41) is 3.06. The van der Waals surface area contributed by atoms with Gasteiger partial charge >= 0.3 is 12.1 Å². The number of hydrogen-bond donors (Lipinski definition) is 1. The summed E-state index contributed by atoms with van der Waals surface area (Å²) < 4.78 is 39.7. The van der Waals surface area contributed by atoms with Crippen molar-refractivity contribution in [2.75, 3.05) is 39.8 Å². The average Bonchev–Trinajstić information content (AvgIpc) is 3.49. The third-order valence-electron chi connectivity index (χ3n) is 7.38. The van der Waals surface area contributed by atoms with Gasteiger partial charge in [-0.05, 0) is 77.0 Å². The van der Waals surface area contributed by atoms with Crippen molar-refractivity contribution in [2.45, 2.75) is 63.1 Å². The van der Waals surface area contributed by atoms with Crippen LogP contribution in [0.5, 0.6) is 5.75 Å². The molecule has 2 fully saturated rings. The standard InChI is InChI=1S/C30H40N4O7S/c1-21(2)40-29(36)27(20-23-9-11-24(12-10-23)41-30(37)33-18-16-32(4)17-19-33)34(28(35)26-6-5-15-31-26)42(38,39)25-13-7-22(3)8-14-25/h7-14,21,26-27,31H,5-6,15-20H2,1-4H3/t26-,27-/m0/s1. The van der Waals surface area contributed by atoms with Crippen molar-refractivity contribution in [2.24, 2.45) is 0 Å². The molecule has 2 aliphatic heterocycles. The third-order valence-corrected chi connectivity index (χ3v) is 9.20. The maximum absolute atomic E-state index is 14.0. The number of likely N-dealkylation sites (N-methyl/N-ethyl adjacent to an activating group) is 1. The van der Waals surface area contributed by atoms with Crippen LogP contribution in [0.2, 0.25) is 0 Å². The number of rotatable bonds is 9. The number of carbonyl (C=O) groups is 3. The van der Waals surface area contributed by atoms with Gasteiger partial charge in [0.1, 0.15) is 11.8 Å². The van der Waals surface area contributed by atoms with Crippen molar-refractivity contribution in [3.63, 3.8) is 0 Å². The summed E-state index contributed by atoms with van der Waals surface area (Å²) in [5.41, 5.74) is 1.42. The third kappa shape index (κ3) is 7.67. The van der Waals surface area contributed by atoms with Crippen LogP contribution in [0.4, 0.5) is 4.79 Å². The molecule has 0 radical (unpaired) electrons. The topological polar surface area (TPSA) is 126 Å². The van der Waals surface area contributed by atoms with Gasteiger partial charge in [0.15, 0.2) is 0 Å². The fraction of sp³-hybridized carbons (Fsp3) is 0.500. The second-order valence-electron chi connectivity index (χ2n) is 11.1. The van der Waals surface area contributed by atoms with E-state index in [1.165, 1.54) is 12.1 Å². The number of sulfonamides is 1. The summed E-state index contributed by atoms with van der Waals surface area (Å²) in [4.78, 5) is 43.6. The fourth-order valence-electron chi connectivity index (χ4n) is 4.96. The van der Waals surface area contributed by atoms with Gasteiger partial charge < -0.3 is 24.6 Å². The van der Waals surface area contributed by atoms with Gasteiger partial charge in [-0.15, -0.1) is 0 Å². The van der Waals surface area contributed by atoms with E-state index in [1.54, 1.807) is 55.1 Å². The van der Waals surface area contributed by atoms with Gasteiger partial charge in [0, 0.05) is 32.6 Å². The smallest absolute Gasteiger partial charge is 0.415 e. The Morgan fingerprint density at radius 3 is 2.21 bits per heavy atom. The van der Waals surface area contributed by atoms with Gasteiger partial charge in [0.25, 0.3) is 15.9 Å². The van der Waals surface area contributed by atoms with Crippen molar-refractivity contribution in [1.29, 1.82) is 0 Å². The van der Waals surface area contributed by atoms with Crippen LogP contribution in [0.25, 0.3) is 0 Å². The first-order chi connectivity index (χ1) is 20.0. The number of piperazine rings is 1. The molecule has 11 nitrogen and oxygen atoms in total. The number of nitrogens with one attached hydrogen (secondary N) is 1. The minimum absolute atomic E-state index is 0.0899. The molecule has 2 saturated heterocycles. The van der Waals surface area contributed by atoms with Gasteiger partial charge in [-0.2, -0.15) is 0 Å². The van der Waals surface area contributed by atoms with Crippen LogP contribution in [0.1, 0.15) is 37.8 Å². The van der Waals surface area contributed by atoms with E-state index in [9.17, 15) is 22.8 Å². The summed E-state index contributed by atoms with van der Waals surface area (Å²) in [7, 11) is -2.43. The number of esters is 1. The molecule has 0 spiro atoms. The molecule has 0 aromatic heterocycles. The minimum atomic E-state index is -4.43. The molecule has 228 valence electrons. The highest BCUT2D eigenvalue weighted by molar-refractivity contribution is 7.89. The number of benzene rings is 2. The van der Waals surface area contributed by atoms with Crippen LogP contribution in [0.3, 0.4) is 0 Å². The van der Waals surface area contributed by atoms with Crippen LogP contribution in [-0.4, -0.2) is 98.5 Å². The van der Waals surface area contributed by atoms with Crippen molar-refractivity contribution < 1.29 is 32.3 Å². The quantitative estimate of drug-likeness (QED) is 0.432. The highest BCUT2D eigenvalue weighted by atomic mass is 32.2. The van der Waals surface area contributed by atoms with E-state index in [-0.39, 0.29) is 11.3 Å². The number of nitrogens with zero attached hydrogens (tertiary/aromatic N) is 3. The van der Waals surface area contributed by atoms with Crippen molar-refractivity contribution in [3.8, 4) is 5.75 Å². The second kappa shape index (κ2) is 13.7. The summed E-state index contributed by atoms with van der Waals surface area (Å²) in [6.45, 7) is 8.40. The second-order valence-corrected chi connectivity index (χ2v) is 12.9. The maximum atomic E-state index is 14.0. The molecule has 0 saturated carbocycles. The Morgan fingerprint density at radius 2 is 1.64 bits per heavy atom. The largest absolute Gasteiger partial charge is 0.461 e. The first kappa shape index (κ1) is 31.5. The SMILES string of the molecule is Cc1ccc(S(=O)(=O)N(C(=O)[C@@H]2CCCN2)[C@@H](Cc2ccc(OC(=O)N3CCN(C)CC3)cc2)C(=O)OC(C)C)cc1. The Labute approximate surface area is 247 Å². The number of amides is 2. The molecule has 2 heterocycles. The number of ether oxygens (including phenoxy) is 2.